The second-order valence-electron chi connectivity index (χ2n) is 8.87. The molecule has 0 saturated heterocycles. The summed E-state index contributed by atoms with van der Waals surface area (Å²) >= 11 is 0. The molecule has 1 aromatic heterocycles. The van der Waals surface area contributed by atoms with Crippen molar-refractivity contribution in [3.05, 3.63) is 29.5 Å². The van der Waals surface area contributed by atoms with Gasteiger partial charge >= 0.3 is 0 Å². The van der Waals surface area contributed by atoms with Crippen LogP contribution in [0.15, 0.2) is 23.1 Å². The zero-order valence-corrected chi connectivity index (χ0v) is 18.7. The van der Waals surface area contributed by atoms with E-state index in [-0.39, 0.29) is 23.4 Å². The van der Waals surface area contributed by atoms with Crippen LogP contribution in [-0.2, 0) is 27.7 Å². The first-order valence-corrected chi connectivity index (χ1v) is 12.8. The molecule has 0 aliphatic heterocycles. The molecule has 30 heavy (non-hydrogen) atoms. The molecule has 2 aliphatic carbocycles. The molecule has 0 radical (unpaired) electrons. The number of sulfonamides is 1. The predicted molar refractivity (Wildman–Crippen MR) is 119 cm³/mol. The van der Waals surface area contributed by atoms with Crippen LogP contribution >= 0.6 is 0 Å². The van der Waals surface area contributed by atoms with E-state index in [9.17, 15) is 13.2 Å². The normalized spacial score (nSPS) is 18.7. The minimum absolute atomic E-state index is 0.151. The maximum absolute atomic E-state index is 13.1. The number of amides is 1. The number of nitrogens with one attached hydrogen (secondary N) is 2. The van der Waals surface area contributed by atoms with Crippen LogP contribution in [0.5, 0.6) is 0 Å². The van der Waals surface area contributed by atoms with E-state index in [4.69, 9.17) is 0 Å². The van der Waals surface area contributed by atoms with Crippen LogP contribution in [0.4, 0.5) is 0 Å². The van der Waals surface area contributed by atoms with Gasteiger partial charge < -0.3 is 10.3 Å². The standard InChI is InChI=1S/C23H33N3O3S/c1-26(16-23(27)24-17-9-5-3-2-4-6-10-17)30(28,29)18-13-14-22-20(15-18)19-11-7-8-12-21(19)25-22/h13-15,17,25H,2-12,16H2,1H3,(H,24,27). The highest BCUT2D eigenvalue weighted by molar-refractivity contribution is 7.89. The summed E-state index contributed by atoms with van der Waals surface area (Å²) in [5, 5.41) is 4.06. The van der Waals surface area contributed by atoms with E-state index < -0.39 is 10.0 Å². The van der Waals surface area contributed by atoms with Gasteiger partial charge in [0.2, 0.25) is 15.9 Å². The molecule has 2 aromatic rings. The minimum Gasteiger partial charge on any atom is -0.358 e. The molecule has 4 rings (SSSR count). The fraction of sp³-hybridized carbons (Fsp3) is 0.609. The molecular formula is C23H33N3O3S. The summed E-state index contributed by atoms with van der Waals surface area (Å²) in [4.78, 5) is 16.2. The number of fused-ring (bicyclic) bond motifs is 3. The fourth-order valence-electron chi connectivity index (χ4n) is 4.89. The van der Waals surface area contributed by atoms with Gasteiger partial charge in [-0.2, -0.15) is 4.31 Å². The van der Waals surface area contributed by atoms with E-state index in [1.807, 2.05) is 6.07 Å². The predicted octanol–water partition coefficient (Wildman–Crippen LogP) is 3.90. The Balaban J connectivity index is 1.46. The van der Waals surface area contributed by atoms with E-state index in [2.05, 4.69) is 10.3 Å². The first kappa shape index (κ1) is 21.4. The monoisotopic (exact) mass is 431 g/mol. The van der Waals surface area contributed by atoms with Crippen LogP contribution in [-0.4, -0.2) is 43.2 Å². The van der Waals surface area contributed by atoms with Crippen molar-refractivity contribution >= 4 is 26.8 Å². The van der Waals surface area contributed by atoms with E-state index >= 15 is 0 Å². The van der Waals surface area contributed by atoms with E-state index in [0.717, 1.165) is 55.8 Å². The van der Waals surface area contributed by atoms with E-state index in [0.29, 0.717) is 0 Å². The van der Waals surface area contributed by atoms with Gasteiger partial charge in [-0.1, -0.05) is 32.1 Å². The van der Waals surface area contributed by atoms with E-state index in [1.54, 1.807) is 12.1 Å². The van der Waals surface area contributed by atoms with Crippen molar-refractivity contribution < 1.29 is 13.2 Å². The Morgan fingerprint density at radius 1 is 1.07 bits per heavy atom. The molecule has 0 bridgehead atoms. The topological polar surface area (TPSA) is 82.3 Å². The van der Waals surface area contributed by atoms with Crippen molar-refractivity contribution in [1.82, 2.24) is 14.6 Å². The highest BCUT2D eigenvalue weighted by Gasteiger charge is 2.25. The molecule has 164 valence electrons. The van der Waals surface area contributed by atoms with Gasteiger partial charge in [0.05, 0.1) is 11.4 Å². The number of carbonyl (C=O) groups is 1. The second-order valence-corrected chi connectivity index (χ2v) is 10.9. The Morgan fingerprint density at radius 3 is 2.53 bits per heavy atom. The summed E-state index contributed by atoms with van der Waals surface area (Å²) in [5.74, 6) is -0.216. The summed E-state index contributed by atoms with van der Waals surface area (Å²) in [6, 6.07) is 5.43. The number of likely N-dealkylation sites (N-methyl/N-ethyl adjacent to an activating group) is 1. The maximum Gasteiger partial charge on any atom is 0.243 e. The first-order chi connectivity index (χ1) is 14.4. The largest absolute Gasteiger partial charge is 0.358 e. The average Bonchev–Trinajstić information content (AvgIpc) is 3.07. The second kappa shape index (κ2) is 9.10. The van der Waals surface area contributed by atoms with Crippen LogP contribution < -0.4 is 5.32 Å². The molecule has 7 heteroatoms. The van der Waals surface area contributed by atoms with Crippen LogP contribution in [0.1, 0.15) is 69.0 Å². The molecule has 2 N–H and O–H groups in total. The Kier molecular flexibility index (Phi) is 6.48. The molecule has 0 unspecified atom stereocenters. The van der Waals surface area contributed by atoms with Gasteiger partial charge in [0.1, 0.15) is 0 Å². The van der Waals surface area contributed by atoms with Crippen molar-refractivity contribution in [2.45, 2.75) is 81.6 Å². The number of carbonyl (C=O) groups excluding carboxylic acids is 1. The van der Waals surface area contributed by atoms with Crippen molar-refractivity contribution in [3.63, 3.8) is 0 Å². The number of aromatic nitrogens is 1. The van der Waals surface area contributed by atoms with Gasteiger partial charge in [-0.15, -0.1) is 0 Å². The number of aryl methyl sites for hydroxylation is 2. The van der Waals surface area contributed by atoms with Crippen LogP contribution in [0, 0.1) is 0 Å². The summed E-state index contributed by atoms with van der Waals surface area (Å²) in [6.07, 6.45) is 12.2. The Hall–Kier alpha value is -1.86. The van der Waals surface area contributed by atoms with Gasteiger partial charge in [-0.3, -0.25) is 4.79 Å². The highest BCUT2D eigenvalue weighted by Crippen LogP contribution is 2.31. The van der Waals surface area contributed by atoms with Gasteiger partial charge in [-0.05, 0) is 62.3 Å². The molecule has 0 atom stereocenters. The van der Waals surface area contributed by atoms with Crippen molar-refractivity contribution in [1.29, 1.82) is 0 Å². The maximum atomic E-state index is 13.1. The lowest BCUT2D eigenvalue weighted by molar-refractivity contribution is -0.121. The highest BCUT2D eigenvalue weighted by atomic mass is 32.2. The van der Waals surface area contributed by atoms with Crippen molar-refractivity contribution in [2.24, 2.45) is 0 Å². The Morgan fingerprint density at radius 2 is 1.77 bits per heavy atom. The minimum atomic E-state index is -3.73. The van der Waals surface area contributed by atoms with E-state index in [1.165, 1.54) is 48.3 Å². The number of benzene rings is 1. The average molecular weight is 432 g/mol. The Labute approximate surface area is 179 Å². The Bertz CT molecular complexity index is 1000. The number of rotatable bonds is 5. The first-order valence-electron chi connectivity index (χ1n) is 11.3. The van der Waals surface area contributed by atoms with Crippen molar-refractivity contribution in [3.8, 4) is 0 Å². The number of hydrogen-bond donors (Lipinski definition) is 2. The number of H-pyrrole nitrogens is 1. The zero-order chi connectivity index (χ0) is 21.1. The lowest BCUT2D eigenvalue weighted by Crippen LogP contribution is -2.42. The molecule has 6 nitrogen and oxygen atoms in total. The van der Waals surface area contributed by atoms with Crippen LogP contribution in [0.25, 0.3) is 10.9 Å². The third-order valence-corrected chi connectivity index (χ3v) is 8.41. The molecular weight excluding hydrogens is 398 g/mol. The molecule has 1 saturated carbocycles. The van der Waals surface area contributed by atoms with Gasteiger partial charge in [0.15, 0.2) is 0 Å². The van der Waals surface area contributed by atoms with Gasteiger partial charge in [0.25, 0.3) is 0 Å². The van der Waals surface area contributed by atoms with Crippen LogP contribution in [0.3, 0.4) is 0 Å². The van der Waals surface area contributed by atoms with Gasteiger partial charge in [-0.25, -0.2) is 8.42 Å². The molecule has 2 aliphatic rings. The smallest absolute Gasteiger partial charge is 0.243 e. The molecule has 1 heterocycles. The summed E-state index contributed by atoms with van der Waals surface area (Å²) in [6.45, 7) is -0.151. The third kappa shape index (κ3) is 4.57. The number of nitrogens with zero attached hydrogens (tertiary/aromatic N) is 1. The summed E-state index contributed by atoms with van der Waals surface area (Å²) in [7, 11) is -2.24. The van der Waals surface area contributed by atoms with Crippen molar-refractivity contribution in [2.75, 3.05) is 13.6 Å². The number of hydrogen-bond acceptors (Lipinski definition) is 3. The fourth-order valence-corrected chi connectivity index (χ4v) is 6.04. The van der Waals surface area contributed by atoms with Crippen LogP contribution in [0.2, 0.25) is 0 Å². The lowest BCUT2D eigenvalue weighted by Gasteiger charge is -2.23. The number of aromatic amines is 1. The quantitative estimate of drug-likeness (QED) is 0.753. The molecule has 1 aromatic carbocycles. The lowest BCUT2D eigenvalue weighted by atomic mass is 9.96. The van der Waals surface area contributed by atoms with Gasteiger partial charge in [0, 0.05) is 29.7 Å². The molecule has 0 spiro atoms. The summed E-state index contributed by atoms with van der Waals surface area (Å²) in [5.41, 5.74) is 3.47. The summed E-state index contributed by atoms with van der Waals surface area (Å²) < 4.78 is 27.4. The third-order valence-electron chi connectivity index (χ3n) is 6.61. The molecule has 1 amide bonds. The molecule has 1 fully saturated rings. The zero-order valence-electron chi connectivity index (χ0n) is 17.9. The SMILES string of the molecule is CN(CC(=O)NC1CCCCCCC1)S(=O)(=O)c1ccc2[nH]c3c(c2c1)CCCC3.